The number of aliphatic hydroxyl groups is 1. The first-order chi connectivity index (χ1) is 7.41. The average Bonchev–Trinajstić information content (AvgIpc) is 1.94. The molecule has 1 fully saturated rings. The summed E-state index contributed by atoms with van der Waals surface area (Å²) in [4.78, 5) is 2.32. The molecule has 0 aliphatic carbocycles. The Labute approximate surface area is 106 Å². The van der Waals surface area contributed by atoms with Crippen molar-refractivity contribution in [1.29, 1.82) is 0 Å². The summed E-state index contributed by atoms with van der Waals surface area (Å²) in [5, 5.41) is 10.2. The monoisotopic (exact) mass is 243 g/mol. The second kappa shape index (κ2) is 4.52. The summed E-state index contributed by atoms with van der Waals surface area (Å²) in [6.07, 6.45) is -0.299. The van der Waals surface area contributed by atoms with Crippen LogP contribution in [0.5, 0.6) is 0 Å². The number of nitrogens with zero attached hydrogens (tertiary/aromatic N) is 1. The number of aliphatic hydroxyl groups excluding tert-OH is 1. The molecule has 0 saturated carbocycles. The molecular weight excluding hydrogens is 214 g/mol. The molecular formula is C14H29NO2. The van der Waals surface area contributed by atoms with E-state index >= 15 is 0 Å². The predicted octanol–water partition coefficient (Wildman–Crippen LogP) is 2.28. The van der Waals surface area contributed by atoms with Crippen LogP contribution in [0.2, 0.25) is 0 Å². The molecule has 1 saturated heterocycles. The van der Waals surface area contributed by atoms with E-state index in [0.29, 0.717) is 0 Å². The van der Waals surface area contributed by atoms with E-state index in [2.05, 4.69) is 53.4 Å². The van der Waals surface area contributed by atoms with Gasteiger partial charge in [-0.05, 0) is 33.1 Å². The van der Waals surface area contributed by atoms with Crippen LogP contribution in [0.25, 0.3) is 0 Å². The minimum atomic E-state index is -0.299. The minimum absolute atomic E-state index is 0.0629. The third-order valence-electron chi connectivity index (χ3n) is 3.19. The highest BCUT2D eigenvalue weighted by molar-refractivity contribution is 4.90. The summed E-state index contributed by atoms with van der Waals surface area (Å²) in [5.41, 5.74) is -0.342. The molecule has 1 aliphatic heterocycles. The Kier molecular flexibility index (Phi) is 3.98. The number of hydrogen-bond acceptors (Lipinski definition) is 3. The van der Waals surface area contributed by atoms with E-state index in [9.17, 15) is 5.11 Å². The predicted molar refractivity (Wildman–Crippen MR) is 71.1 cm³/mol. The van der Waals surface area contributed by atoms with Crippen LogP contribution in [0, 0.1) is 5.41 Å². The van der Waals surface area contributed by atoms with Gasteiger partial charge in [-0.25, -0.2) is 0 Å². The van der Waals surface area contributed by atoms with Gasteiger partial charge in [0.1, 0.15) is 0 Å². The van der Waals surface area contributed by atoms with Crippen LogP contribution in [0.3, 0.4) is 0 Å². The van der Waals surface area contributed by atoms with E-state index in [-0.39, 0.29) is 22.7 Å². The SMILES string of the molecule is CC1(C)CN(CC(O)C(C)(C)C)CC(C)(C)O1. The van der Waals surface area contributed by atoms with Gasteiger partial charge in [-0.15, -0.1) is 0 Å². The molecule has 0 bridgehead atoms. The molecule has 3 nitrogen and oxygen atoms in total. The molecule has 1 unspecified atom stereocenters. The van der Waals surface area contributed by atoms with Gasteiger partial charge in [0.2, 0.25) is 0 Å². The Morgan fingerprint density at radius 3 is 1.88 bits per heavy atom. The molecule has 1 heterocycles. The first-order valence-corrected chi connectivity index (χ1v) is 6.52. The number of hydrogen-bond donors (Lipinski definition) is 1. The van der Waals surface area contributed by atoms with Crippen molar-refractivity contribution in [2.75, 3.05) is 19.6 Å². The molecule has 1 rings (SSSR count). The van der Waals surface area contributed by atoms with Gasteiger partial charge in [0.05, 0.1) is 17.3 Å². The quantitative estimate of drug-likeness (QED) is 0.807. The van der Waals surface area contributed by atoms with Gasteiger partial charge < -0.3 is 9.84 Å². The number of β-amino-alcohol motifs (C(OH)–C–C–N with tert-alkyl or cyclic N) is 1. The molecule has 0 spiro atoms. The molecule has 1 atom stereocenters. The van der Waals surface area contributed by atoms with Crippen molar-refractivity contribution in [2.45, 2.75) is 65.8 Å². The maximum atomic E-state index is 10.2. The van der Waals surface area contributed by atoms with Gasteiger partial charge >= 0.3 is 0 Å². The van der Waals surface area contributed by atoms with Gasteiger partial charge in [-0.1, -0.05) is 20.8 Å². The first kappa shape index (κ1) is 14.9. The van der Waals surface area contributed by atoms with E-state index in [1.165, 1.54) is 0 Å². The molecule has 102 valence electrons. The minimum Gasteiger partial charge on any atom is -0.391 e. The topological polar surface area (TPSA) is 32.7 Å². The largest absolute Gasteiger partial charge is 0.391 e. The van der Waals surface area contributed by atoms with Crippen molar-refractivity contribution >= 4 is 0 Å². The molecule has 3 heteroatoms. The highest BCUT2D eigenvalue weighted by atomic mass is 16.5. The Balaban J connectivity index is 2.66. The summed E-state index contributed by atoms with van der Waals surface area (Å²) >= 11 is 0. The normalized spacial score (nSPS) is 26.8. The molecule has 1 aliphatic rings. The number of ether oxygens (including phenoxy) is 1. The zero-order chi connectivity index (χ0) is 13.5. The van der Waals surface area contributed by atoms with E-state index < -0.39 is 0 Å². The second-order valence-corrected chi connectivity index (χ2v) is 7.67. The third kappa shape index (κ3) is 4.57. The van der Waals surface area contributed by atoms with Crippen molar-refractivity contribution < 1.29 is 9.84 Å². The lowest BCUT2D eigenvalue weighted by Crippen LogP contribution is -2.59. The van der Waals surface area contributed by atoms with Gasteiger partial charge in [-0.2, -0.15) is 0 Å². The molecule has 0 amide bonds. The zero-order valence-electron chi connectivity index (χ0n) is 12.5. The van der Waals surface area contributed by atoms with Crippen LogP contribution < -0.4 is 0 Å². The zero-order valence-corrected chi connectivity index (χ0v) is 12.5. The van der Waals surface area contributed by atoms with Gasteiger partial charge in [0.15, 0.2) is 0 Å². The van der Waals surface area contributed by atoms with Crippen molar-refractivity contribution in [1.82, 2.24) is 4.90 Å². The molecule has 0 aromatic rings. The maximum Gasteiger partial charge on any atom is 0.0760 e. The molecule has 17 heavy (non-hydrogen) atoms. The lowest BCUT2D eigenvalue weighted by molar-refractivity contribution is -0.186. The Hall–Kier alpha value is -0.120. The Bertz CT molecular complexity index is 250. The van der Waals surface area contributed by atoms with E-state index in [1.54, 1.807) is 0 Å². The standard InChI is InChI=1S/C14H29NO2/c1-12(2,3)11(16)8-15-9-13(4,5)17-14(6,7)10-15/h11,16H,8-10H2,1-7H3. The van der Waals surface area contributed by atoms with Gasteiger partial charge in [0.25, 0.3) is 0 Å². The maximum absolute atomic E-state index is 10.2. The summed E-state index contributed by atoms with van der Waals surface area (Å²) in [7, 11) is 0. The van der Waals surface area contributed by atoms with Crippen molar-refractivity contribution in [3.63, 3.8) is 0 Å². The summed E-state index contributed by atoms with van der Waals surface area (Å²) in [6, 6.07) is 0. The lowest BCUT2D eigenvalue weighted by atomic mass is 9.88. The highest BCUT2D eigenvalue weighted by Crippen LogP contribution is 2.29. The lowest BCUT2D eigenvalue weighted by Gasteiger charge is -2.48. The first-order valence-electron chi connectivity index (χ1n) is 6.52. The molecule has 0 aromatic carbocycles. The third-order valence-corrected chi connectivity index (χ3v) is 3.19. The van der Waals surface area contributed by atoms with Gasteiger partial charge in [-0.3, -0.25) is 4.90 Å². The van der Waals surface area contributed by atoms with Crippen LogP contribution in [0.15, 0.2) is 0 Å². The van der Waals surface area contributed by atoms with E-state index in [1.807, 2.05) is 0 Å². The van der Waals surface area contributed by atoms with Crippen LogP contribution in [-0.2, 0) is 4.74 Å². The Morgan fingerprint density at radius 1 is 1.12 bits per heavy atom. The number of rotatable bonds is 2. The van der Waals surface area contributed by atoms with E-state index in [4.69, 9.17) is 4.74 Å². The second-order valence-electron chi connectivity index (χ2n) is 7.67. The fourth-order valence-corrected chi connectivity index (χ4v) is 2.59. The molecule has 1 N–H and O–H groups in total. The number of morpholine rings is 1. The average molecular weight is 243 g/mol. The fraction of sp³-hybridized carbons (Fsp3) is 1.00. The fourth-order valence-electron chi connectivity index (χ4n) is 2.59. The molecule has 0 radical (unpaired) electrons. The summed E-state index contributed by atoms with van der Waals surface area (Å²) in [5.74, 6) is 0. The van der Waals surface area contributed by atoms with Crippen LogP contribution in [0.1, 0.15) is 48.5 Å². The van der Waals surface area contributed by atoms with Crippen LogP contribution >= 0.6 is 0 Å². The van der Waals surface area contributed by atoms with E-state index in [0.717, 1.165) is 19.6 Å². The van der Waals surface area contributed by atoms with Crippen molar-refractivity contribution in [2.24, 2.45) is 5.41 Å². The van der Waals surface area contributed by atoms with Crippen LogP contribution in [0.4, 0.5) is 0 Å². The molecule has 0 aromatic heterocycles. The van der Waals surface area contributed by atoms with Gasteiger partial charge in [0, 0.05) is 19.6 Å². The highest BCUT2D eigenvalue weighted by Gasteiger charge is 2.39. The summed E-state index contributed by atoms with van der Waals surface area (Å²) < 4.78 is 6.04. The smallest absolute Gasteiger partial charge is 0.0760 e. The van der Waals surface area contributed by atoms with Crippen molar-refractivity contribution in [3.05, 3.63) is 0 Å². The Morgan fingerprint density at radius 2 is 1.53 bits per heavy atom. The summed E-state index contributed by atoms with van der Waals surface area (Å²) in [6.45, 7) is 17.2. The van der Waals surface area contributed by atoms with Crippen LogP contribution in [-0.4, -0.2) is 46.9 Å². The van der Waals surface area contributed by atoms with Crippen molar-refractivity contribution in [3.8, 4) is 0 Å².